The van der Waals surface area contributed by atoms with Crippen molar-refractivity contribution in [3.63, 3.8) is 0 Å². The first-order chi connectivity index (χ1) is 19.7. The molecular weight excluding hydrogens is 540 g/mol. The predicted octanol–water partition coefficient (Wildman–Crippen LogP) is 1.64. The highest BCUT2D eigenvalue weighted by Gasteiger charge is 2.56. The maximum atomic E-state index is 13.3. The topological polar surface area (TPSA) is 152 Å². The average molecular weight is 573 g/mol. The Labute approximate surface area is 235 Å². The number of carbonyl (C=O) groups is 1. The number of aryl methyl sites for hydroxylation is 1. The van der Waals surface area contributed by atoms with Crippen LogP contribution in [-0.2, 0) is 28.5 Å². The quantitative estimate of drug-likeness (QED) is 0.457. The van der Waals surface area contributed by atoms with Crippen molar-refractivity contribution in [3.8, 4) is 23.0 Å². The fraction of sp³-hybridized carbons (Fsp3) is 0.552. The molecule has 3 N–H and O–H groups in total. The van der Waals surface area contributed by atoms with Gasteiger partial charge in [-0.25, -0.2) is 0 Å². The molecule has 0 radical (unpaired) electrons. The number of phenols is 1. The summed E-state index contributed by atoms with van der Waals surface area (Å²) >= 11 is 0. The number of carbonyl (C=O) groups excluding carboxylic acids is 1. The second-order valence-electron chi connectivity index (χ2n) is 11.1. The van der Waals surface area contributed by atoms with Crippen LogP contribution in [0.15, 0.2) is 24.3 Å². The zero-order valence-corrected chi connectivity index (χ0v) is 22.7. The number of rotatable bonds is 4. The van der Waals surface area contributed by atoms with Crippen LogP contribution in [-0.4, -0.2) is 85.4 Å². The molecule has 1 aliphatic carbocycles. The zero-order chi connectivity index (χ0) is 28.6. The number of fused-ring (bicyclic) bond motifs is 4. The molecule has 41 heavy (non-hydrogen) atoms. The highest BCUT2D eigenvalue weighted by molar-refractivity contribution is 5.79. The van der Waals surface area contributed by atoms with Crippen molar-refractivity contribution in [2.24, 2.45) is 11.8 Å². The number of aliphatic hydroxyl groups is 2. The molecule has 220 valence electrons. The summed E-state index contributed by atoms with van der Waals surface area (Å²) in [5.41, 5.74) is 2.80. The van der Waals surface area contributed by atoms with E-state index in [2.05, 4.69) is 0 Å². The fourth-order valence-corrected chi connectivity index (χ4v) is 6.75. The van der Waals surface area contributed by atoms with Crippen molar-refractivity contribution in [2.75, 3.05) is 27.1 Å². The Morgan fingerprint density at radius 2 is 1.71 bits per heavy atom. The summed E-state index contributed by atoms with van der Waals surface area (Å²) in [5.74, 6) is -0.652. The van der Waals surface area contributed by atoms with Crippen LogP contribution >= 0.6 is 0 Å². The number of ether oxygens (including phenoxy) is 8. The standard InChI is InChI=1S/C29H32O12/c1-11-4-13(5-19(34-3)23(11)30)21-14-6-17-18(38-10-37-17)7-15(14)26(16-8-36-28(33)22(16)21)41-29-25(32)24(31)27-20(40-29)9-35-12(2)39-27/h4-7,12,16,20-22,24-27,29-32H,8-10H2,1-3H3/t12?,16-,20?,21+,22-,24?,25?,26+,27?,29?/m0/s1. The first kappa shape index (κ1) is 26.7. The summed E-state index contributed by atoms with van der Waals surface area (Å²) < 4.78 is 46.2. The van der Waals surface area contributed by atoms with E-state index in [-0.39, 0.29) is 31.5 Å². The third kappa shape index (κ3) is 4.24. The molecule has 0 spiro atoms. The number of aromatic hydroxyl groups is 1. The number of cyclic esters (lactones) is 1. The van der Waals surface area contributed by atoms with Crippen LogP contribution < -0.4 is 14.2 Å². The number of phenolic OH excluding ortho intramolecular Hbond substituents is 1. The van der Waals surface area contributed by atoms with Crippen molar-refractivity contribution in [1.29, 1.82) is 0 Å². The smallest absolute Gasteiger partial charge is 0.310 e. The van der Waals surface area contributed by atoms with Crippen LogP contribution in [0.2, 0.25) is 0 Å². The van der Waals surface area contributed by atoms with E-state index < -0.39 is 66.8 Å². The lowest BCUT2D eigenvalue weighted by Crippen LogP contribution is -2.63. The highest BCUT2D eigenvalue weighted by Crippen LogP contribution is 2.56. The van der Waals surface area contributed by atoms with Gasteiger partial charge in [-0.15, -0.1) is 0 Å². The third-order valence-electron chi connectivity index (χ3n) is 8.75. The summed E-state index contributed by atoms with van der Waals surface area (Å²) in [5, 5.41) is 32.4. The van der Waals surface area contributed by atoms with Crippen molar-refractivity contribution < 1.29 is 58.0 Å². The summed E-state index contributed by atoms with van der Waals surface area (Å²) in [6.45, 7) is 3.76. The van der Waals surface area contributed by atoms with E-state index in [1.807, 2.05) is 18.2 Å². The molecule has 6 unspecified atom stereocenters. The third-order valence-corrected chi connectivity index (χ3v) is 8.75. The van der Waals surface area contributed by atoms with Crippen LogP contribution in [0.3, 0.4) is 0 Å². The van der Waals surface area contributed by atoms with E-state index in [0.717, 1.165) is 11.1 Å². The van der Waals surface area contributed by atoms with Gasteiger partial charge < -0.3 is 53.2 Å². The molecule has 3 fully saturated rings. The maximum absolute atomic E-state index is 13.3. The minimum absolute atomic E-state index is 0.0232. The Balaban J connectivity index is 1.31. The highest BCUT2D eigenvalue weighted by atomic mass is 16.8. The van der Waals surface area contributed by atoms with Gasteiger partial charge >= 0.3 is 5.97 Å². The lowest BCUT2D eigenvalue weighted by Gasteiger charge is -2.47. The lowest BCUT2D eigenvalue weighted by molar-refractivity contribution is -0.364. The molecule has 3 saturated heterocycles. The molecule has 4 aliphatic heterocycles. The van der Waals surface area contributed by atoms with Gasteiger partial charge in [0.2, 0.25) is 6.79 Å². The Morgan fingerprint density at radius 1 is 0.951 bits per heavy atom. The van der Waals surface area contributed by atoms with Gasteiger partial charge in [-0.1, -0.05) is 6.07 Å². The van der Waals surface area contributed by atoms with Crippen LogP contribution in [0.1, 0.15) is 41.2 Å². The summed E-state index contributed by atoms with van der Waals surface area (Å²) in [4.78, 5) is 13.3. The van der Waals surface area contributed by atoms with Crippen molar-refractivity contribution in [3.05, 3.63) is 46.5 Å². The Morgan fingerprint density at radius 3 is 2.46 bits per heavy atom. The SMILES string of the molecule is COc1cc([C@@H]2c3cc4c(cc3[C@@H](OC3OC5COC(C)OC5C(O)C3O)[C@H]3COC(=O)[C@H]23)OCO4)cc(C)c1O. The second-order valence-corrected chi connectivity index (χ2v) is 11.1. The molecule has 0 amide bonds. The number of hydrogen-bond acceptors (Lipinski definition) is 12. The number of benzene rings is 2. The molecule has 7 rings (SSSR count). The number of hydrogen-bond donors (Lipinski definition) is 3. The Hall–Kier alpha value is -3.13. The van der Waals surface area contributed by atoms with E-state index in [1.54, 1.807) is 19.9 Å². The van der Waals surface area contributed by atoms with Gasteiger partial charge in [-0.05, 0) is 54.3 Å². The predicted molar refractivity (Wildman–Crippen MR) is 137 cm³/mol. The van der Waals surface area contributed by atoms with Crippen molar-refractivity contribution >= 4 is 5.97 Å². The Kier molecular flexibility index (Phi) is 6.53. The van der Waals surface area contributed by atoms with Gasteiger partial charge in [0.15, 0.2) is 35.6 Å². The molecule has 4 heterocycles. The molecule has 0 saturated carbocycles. The molecule has 2 aromatic carbocycles. The monoisotopic (exact) mass is 572 g/mol. The van der Waals surface area contributed by atoms with Gasteiger partial charge in [0, 0.05) is 11.8 Å². The fourth-order valence-electron chi connectivity index (χ4n) is 6.75. The van der Waals surface area contributed by atoms with Gasteiger partial charge in [0.25, 0.3) is 0 Å². The van der Waals surface area contributed by atoms with Gasteiger partial charge in [-0.2, -0.15) is 0 Å². The van der Waals surface area contributed by atoms with E-state index >= 15 is 0 Å². The summed E-state index contributed by atoms with van der Waals surface area (Å²) in [6.07, 6.45) is -6.68. The Bertz CT molecular complexity index is 1360. The van der Waals surface area contributed by atoms with Gasteiger partial charge in [-0.3, -0.25) is 4.79 Å². The average Bonchev–Trinajstić information content (AvgIpc) is 3.58. The summed E-state index contributed by atoms with van der Waals surface area (Å²) in [7, 11) is 1.47. The molecule has 12 nitrogen and oxygen atoms in total. The molecule has 5 aliphatic rings. The van der Waals surface area contributed by atoms with E-state index in [0.29, 0.717) is 22.6 Å². The molecule has 0 bridgehead atoms. The van der Waals surface area contributed by atoms with E-state index in [1.165, 1.54) is 7.11 Å². The number of aliphatic hydroxyl groups excluding tert-OH is 2. The molecule has 0 aromatic heterocycles. The molecule has 12 heteroatoms. The largest absolute Gasteiger partial charge is 0.504 e. The normalized spacial score (nSPS) is 37.1. The van der Waals surface area contributed by atoms with Crippen LogP contribution in [0.4, 0.5) is 0 Å². The molecular formula is C29H32O12. The van der Waals surface area contributed by atoms with Crippen LogP contribution in [0.5, 0.6) is 23.0 Å². The maximum Gasteiger partial charge on any atom is 0.310 e. The lowest BCUT2D eigenvalue weighted by atomic mass is 9.66. The summed E-state index contributed by atoms with van der Waals surface area (Å²) in [6, 6.07) is 7.21. The minimum Gasteiger partial charge on any atom is -0.504 e. The van der Waals surface area contributed by atoms with E-state index in [4.69, 9.17) is 37.9 Å². The zero-order valence-electron chi connectivity index (χ0n) is 22.7. The van der Waals surface area contributed by atoms with Gasteiger partial charge in [0.1, 0.15) is 24.4 Å². The second kappa shape index (κ2) is 10.0. The van der Waals surface area contributed by atoms with Gasteiger partial charge in [0.05, 0.1) is 32.3 Å². The minimum atomic E-state index is -1.42. The van der Waals surface area contributed by atoms with Crippen molar-refractivity contribution in [1.82, 2.24) is 0 Å². The van der Waals surface area contributed by atoms with Crippen molar-refractivity contribution in [2.45, 2.75) is 62.9 Å². The van der Waals surface area contributed by atoms with Crippen LogP contribution in [0.25, 0.3) is 0 Å². The van der Waals surface area contributed by atoms with E-state index in [9.17, 15) is 20.1 Å². The first-order valence-electron chi connectivity index (χ1n) is 13.7. The molecule has 2 aromatic rings. The number of esters is 1. The molecule has 10 atom stereocenters. The first-order valence-corrected chi connectivity index (χ1v) is 13.7. The van der Waals surface area contributed by atoms with Crippen LogP contribution in [0, 0.1) is 18.8 Å². The number of methoxy groups -OCH3 is 1.